The summed E-state index contributed by atoms with van der Waals surface area (Å²) in [6, 6.07) is 22.5. The third-order valence-corrected chi connectivity index (χ3v) is 11.2. The van der Waals surface area contributed by atoms with Crippen LogP contribution in [-0.4, -0.2) is 92.9 Å². The normalized spacial score (nSPS) is 16.5. The molecule has 1 radical (unpaired) electrons. The Kier molecular flexibility index (Phi) is 12.4. The maximum Gasteiger partial charge on any atom is 0.569 e. The predicted molar refractivity (Wildman–Crippen MR) is 241 cm³/mol. The molecule has 315 valence electrons. The minimum absolute atomic E-state index is 0.110. The molecular formula is C44H45BClN12O4. The summed E-state index contributed by atoms with van der Waals surface area (Å²) in [5.74, 6) is 1.92. The molecule has 2 saturated heterocycles. The largest absolute Gasteiger partial charge is 0.569 e. The van der Waals surface area contributed by atoms with E-state index >= 15 is 0 Å². The molecule has 6 aromatic heterocycles. The Morgan fingerprint density at radius 1 is 0.694 bits per heavy atom. The number of hydrogen-bond donors (Lipinski definition) is 3. The predicted octanol–water partition coefficient (Wildman–Crippen LogP) is 7.15. The number of fused-ring (bicyclic) bond motifs is 8. The highest BCUT2D eigenvalue weighted by Crippen LogP contribution is 2.41. The van der Waals surface area contributed by atoms with E-state index in [2.05, 4.69) is 51.4 Å². The zero-order valence-corrected chi connectivity index (χ0v) is 35.5. The Bertz CT molecular complexity index is 2580. The number of aryl methyl sites for hydroxylation is 4. The van der Waals surface area contributed by atoms with Gasteiger partial charge in [-0.1, -0.05) is 11.6 Å². The number of carbonyl (C=O) groups excluding carboxylic acids is 2. The highest BCUT2D eigenvalue weighted by atomic mass is 35.5. The summed E-state index contributed by atoms with van der Waals surface area (Å²) >= 11 is 6.02. The first-order valence-corrected chi connectivity index (χ1v) is 20.6. The number of pyridine rings is 6. The molecule has 16 nitrogen and oxygen atoms in total. The smallest absolute Gasteiger partial charge is 0.536 e. The van der Waals surface area contributed by atoms with Crippen molar-refractivity contribution in [3.05, 3.63) is 126 Å². The first-order chi connectivity index (χ1) is 30.1. The van der Waals surface area contributed by atoms with E-state index in [-0.39, 0.29) is 24.1 Å². The van der Waals surface area contributed by atoms with Crippen molar-refractivity contribution in [2.24, 2.45) is 0 Å². The highest BCUT2D eigenvalue weighted by molar-refractivity contribution is 6.29. The second kappa shape index (κ2) is 18.4. The van der Waals surface area contributed by atoms with E-state index in [0.29, 0.717) is 41.6 Å². The van der Waals surface area contributed by atoms with Gasteiger partial charge in [0.2, 0.25) is 0 Å². The van der Waals surface area contributed by atoms with Crippen molar-refractivity contribution in [1.82, 2.24) is 29.9 Å². The monoisotopic (exact) mass is 851 g/mol. The quantitative estimate of drug-likeness (QED) is 0.118. The average Bonchev–Trinajstić information content (AvgIpc) is 3.88. The van der Waals surface area contributed by atoms with E-state index in [1.165, 1.54) is 0 Å². The van der Waals surface area contributed by atoms with E-state index in [9.17, 15) is 9.59 Å². The first kappa shape index (κ1) is 41.9. The number of anilines is 6. The first-order valence-electron chi connectivity index (χ1n) is 20.3. The van der Waals surface area contributed by atoms with Crippen LogP contribution in [0.5, 0.6) is 5.75 Å². The molecule has 6 aromatic rings. The number of rotatable bonds is 5. The second-order valence-corrected chi connectivity index (χ2v) is 15.6. The standard InChI is InChI=1S/C22H22N6O.C15H14ClN5O.C7H9BNO2/c1-14-5-6-18(15(2)24-14)19-7-8-20-21(26-19)28(17-9-11-27(20)13-17)22(29)25-16-4-3-10-23-12-16;16-13-4-3-12-14(19-13)21(11-5-7-20(12)9-11)15(22)18-10-2-1-6-17-8-10;1-5-3-4-7(11-8-10)6(2)9-5/h3-8,10,12,17H,9,11,13H2,1-2H3,(H,25,29);1-4,6,8,11H,5,7,9H2,(H,18,22);3-4,10H,1-2H3/t17-;11-;/m00./s1. The fraction of sp³-hybridized carbons (Fsp3) is 0.273. The van der Waals surface area contributed by atoms with Crippen LogP contribution in [0.2, 0.25) is 5.15 Å². The van der Waals surface area contributed by atoms with Gasteiger partial charge in [-0.3, -0.25) is 29.7 Å². The number of urea groups is 2. The molecule has 0 unspecified atom stereocenters. The molecule has 4 amide bonds. The second-order valence-electron chi connectivity index (χ2n) is 15.2. The van der Waals surface area contributed by atoms with E-state index < -0.39 is 0 Å². The molecule has 2 fully saturated rings. The van der Waals surface area contributed by atoms with Crippen LogP contribution in [0.25, 0.3) is 11.3 Å². The van der Waals surface area contributed by atoms with E-state index in [1.54, 1.807) is 54.0 Å². The van der Waals surface area contributed by atoms with Crippen LogP contribution in [0, 0.1) is 27.7 Å². The summed E-state index contributed by atoms with van der Waals surface area (Å²) < 4.78 is 4.76. The molecule has 4 aliphatic rings. The molecule has 0 saturated carbocycles. The average molecular weight is 852 g/mol. The van der Waals surface area contributed by atoms with Gasteiger partial charge in [-0.05, 0) is 113 Å². The summed E-state index contributed by atoms with van der Waals surface area (Å²) in [6.45, 7) is 11.2. The van der Waals surface area contributed by atoms with Gasteiger partial charge in [0.05, 0.1) is 58.6 Å². The van der Waals surface area contributed by atoms with E-state index in [0.717, 1.165) is 84.4 Å². The van der Waals surface area contributed by atoms with Gasteiger partial charge in [0.15, 0.2) is 11.6 Å². The van der Waals surface area contributed by atoms with Crippen LogP contribution in [0.3, 0.4) is 0 Å². The minimum atomic E-state index is -0.199. The van der Waals surface area contributed by atoms with Crippen LogP contribution < -0.4 is 34.9 Å². The number of amides is 4. The summed E-state index contributed by atoms with van der Waals surface area (Å²) in [7, 11) is 0.652. The maximum absolute atomic E-state index is 13.2. The molecule has 10 rings (SSSR count). The highest BCUT2D eigenvalue weighted by Gasteiger charge is 2.41. The lowest BCUT2D eigenvalue weighted by Gasteiger charge is -2.36. The Labute approximate surface area is 365 Å². The van der Waals surface area contributed by atoms with Crippen LogP contribution in [0.15, 0.2) is 97.6 Å². The Morgan fingerprint density at radius 3 is 1.77 bits per heavy atom. The van der Waals surface area contributed by atoms with Crippen molar-refractivity contribution in [2.45, 2.75) is 52.6 Å². The van der Waals surface area contributed by atoms with Gasteiger partial charge in [0, 0.05) is 61.2 Å². The van der Waals surface area contributed by atoms with Crippen molar-refractivity contribution in [2.75, 3.05) is 56.4 Å². The molecule has 4 bridgehead atoms. The van der Waals surface area contributed by atoms with Gasteiger partial charge in [-0.2, -0.15) is 0 Å². The maximum atomic E-state index is 13.2. The van der Waals surface area contributed by atoms with Crippen molar-refractivity contribution in [1.29, 1.82) is 0 Å². The summed E-state index contributed by atoms with van der Waals surface area (Å²) in [5.41, 5.74) is 8.73. The van der Waals surface area contributed by atoms with Crippen LogP contribution in [0.4, 0.5) is 44.0 Å². The Morgan fingerprint density at radius 2 is 1.24 bits per heavy atom. The lowest BCUT2D eigenvalue weighted by Crippen LogP contribution is -2.48. The van der Waals surface area contributed by atoms with Gasteiger partial charge in [-0.15, -0.1) is 0 Å². The molecule has 0 aromatic carbocycles. The molecule has 4 aliphatic heterocycles. The van der Waals surface area contributed by atoms with Gasteiger partial charge in [-0.25, -0.2) is 19.6 Å². The molecular weight excluding hydrogens is 807 g/mol. The van der Waals surface area contributed by atoms with Crippen molar-refractivity contribution in [3.63, 3.8) is 0 Å². The minimum Gasteiger partial charge on any atom is -0.536 e. The third kappa shape index (κ3) is 9.09. The van der Waals surface area contributed by atoms with Crippen molar-refractivity contribution >= 4 is 65.7 Å². The molecule has 2 atom stereocenters. The summed E-state index contributed by atoms with van der Waals surface area (Å²) in [5, 5.41) is 14.6. The lowest BCUT2D eigenvalue weighted by atomic mass is 10.1. The molecule has 0 spiro atoms. The van der Waals surface area contributed by atoms with Gasteiger partial charge < -0.3 is 30.1 Å². The van der Waals surface area contributed by atoms with Gasteiger partial charge in [0.1, 0.15) is 10.9 Å². The molecule has 0 aliphatic carbocycles. The number of aromatic nitrogens is 6. The van der Waals surface area contributed by atoms with Crippen molar-refractivity contribution in [3.8, 4) is 17.0 Å². The fourth-order valence-corrected chi connectivity index (χ4v) is 8.27. The van der Waals surface area contributed by atoms with Gasteiger partial charge in [0.25, 0.3) is 0 Å². The zero-order chi connectivity index (χ0) is 43.3. The summed E-state index contributed by atoms with van der Waals surface area (Å²) in [6.07, 6.45) is 8.48. The number of carbonyl (C=O) groups is 2. The van der Waals surface area contributed by atoms with Crippen LogP contribution >= 0.6 is 11.6 Å². The van der Waals surface area contributed by atoms with Crippen LogP contribution in [0.1, 0.15) is 35.6 Å². The molecule has 10 heterocycles. The third-order valence-electron chi connectivity index (χ3n) is 11.0. The van der Waals surface area contributed by atoms with E-state index in [4.69, 9.17) is 26.3 Å². The Balaban J connectivity index is 0.000000141. The zero-order valence-electron chi connectivity index (χ0n) is 34.7. The molecule has 62 heavy (non-hydrogen) atoms. The number of hydrogen-bond acceptors (Lipinski definition) is 12. The Hall–Kier alpha value is -6.85. The molecule has 18 heteroatoms. The molecule has 3 N–H and O–H groups in total. The number of nitrogens with one attached hydrogen (secondary N) is 2. The van der Waals surface area contributed by atoms with Gasteiger partial charge >= 0.3 is 19.7 Å². The number of nitrogens with zero attached hydrogens (tertiary/aromatic N) is 10. The SMILES string of the molecule is Cc1ccc(-c2ccc3c(n2)N(C(=O)Nc2cccnc2)[C@H]2CCN3C2)c(C)n1.Cc1ccc(O[B]O)c(C)n1.O=C(Nc1cccnc1)N1c2nc(Cl)ccc2N2CC[C@H]1C2. The summed E-state index contributed by atoms with van der Waals surface area (Å²) in [4.78, 5) is 60.1. The number of halogens is 1. The van der Waals surface area contributed by atoms with E-state index in [1.807, 2.05) is 75.1 Å². The van der Waals surface area contributed by atoms with Crippen molar-refractivity contribution < 1.29 is 19.3 Å². The van der Waals surface area contributed by atoms with Crippen LogP contribution in [-0.2, 0) is 0 Å². The lowest BCUT2D eigenvalue weighted by molar-refractivity contribution is 0.254. The fourth-order valence-electron chi connectivity index (χ4n) is 8.12. The topological polar surface area (TPSA) is 178 Å².